The molecule has 0 fully saturated rings. The van der Waals surface area contributed by atoms with Crippen molar-refractivity contribution in [3.63, 3.8) is 0 Å². The third-order valence-corrected chi connectivity index (χ3v) is 2.36. The van der Waals surface area contributed by atoms with Crippen molar-refractivity contribution in [2.45, 2.75) is 13.2 Å². The Kier molecular flexibility index (Phi) is 3.90. The summed E-state index contributed by atoms with van der Waals surface area (Å²) in [5.74, 6) is -0.778. The van der Waals surface area contributed by atoms with Gasteiger partial charge in [-0.15, -0.1) is 0 Å². The fraction of sp³-hybridized carbons (Fsp3) is 0.154. The third kappa shape index (κ3) is 3.40. The van der Waals surface area contributed by atoms with Crippen molar-refractivity contribution >= 4 is 11.7 Å². The summed E-state index contributed by atoms with van der Waals surface area (Å²) < 4.78 is 10.2. The largest absolute Gasteiger partial charge is 0.476 e. The lowest BCUT2D eigenvalue weighted by atomic mass is 10.2. The Morgan fingerprint density at radius 1 is 1.37 bits per heavy atom. The highest BCUT2D eigenvalue weighted by molar-refractivity contribution is 5.85. The number of carboxylic acid groups (broad SMARTS) is 1. The normalized spacial score (nSPS) is 10.1. The monoisotopic (exact) mass is 258 g/mol. The van der Waals surface area contributed by atoms with Gasteiger partial charge in [0.1, 0.15) is 6.61 Å². The van der Waals surface area contributed by atoms with Crippen molar-refractivity contribution in [1.82, 2.24) is 5.16 Å². The average Bonchev–Trinajstić information content (AvgIpc) is 2.89. The molecule has 2 rings (SSSR count). The topological polar surface area (TPSA) is 76.9 Å². The van der Waals surface area contributed by atoms with Gasteiger partial charge >= 0.3 is 5.97 Å². The number of rotatable bonds is 5. The van der Waals surface area contributed by atoms with Gasteiger partial charge in [0.05, 0.1) is 13.2 Å². The minimum absolute atomic E-state index is 0.139. The first-order valence-corrected chi connectivity index (χ1v) is 5.42. The standard InChI is InChI=1S/C13H10N2O4/c1-14-10-4-2-9(3-5-10)7-18-8-11-6-12(13(16)17)15-19-11/h2-6H,7-8H2,(H,16,17). The molecular weight excluding hydrogens is 248 g/mol. The molecule has 0 spiro atoms. The molecule has 0 aliphatic rings. The second-order valence-corrected chi connectivity index (χ2v) is 3.75. The molecule has 0 saturated carbocycles. The molecule has 0 saturated heterocycles. The average molecular weight is 258 g/mol. The number of carboxylic acids is 1. The second-order valence-electron chi connectivity index (χ2n) is 3.75. The van der Waals surface area contributed by atoms with Crippen LogP contribution < -0.4 is 0 Å². The Labute approximate surface area is 109 Å². The number of hydrogen-bond donors (Lipinski definition) is 1. The zero-order chi connectivity index (χ0) is 13.7. The first kappa shape index (κ1) is 12.8. The van der Waals surface area contributed by atoms with Gasteiger partial charge in [0.2, 0.25) is 0 Å². The van der Waals surface area contributed by atoms with Gasteiger partial charge < -0.3 is 14.4 Å². The number of aromatic nitrogens is 1. The number of carbonyl (C=O) groups is 1. The van der Waals surface area contributed by atoms with E-state index >= 15 is 0 Å². The maximum atomic E-state index is 10.6. The van der Waals surface area contributed by atoms with Crippen LogP contribution in [0.25, 0.3) is 4.85 Å². The summed E-state index contributed by atoms with van der Waals surface area (Å²) in [5, 5.41) is 12.0. The van der Waals surface area contributed by atoms with Gasteiger partial charge in [0.15, 0.2) is 17.1 Å². The van der Waals surface area contributed by atoms with Gasteiger partial charge in [-0.2, -0.15) is 0 Å². The summed E-state index contributed by atoms with van der Waals surface area (Å²) in [5.41, 5.74) is 1.36. The van der Waals surface area contributed by atoms with E-state index in [1.165, 1.54) is 6.07 Å². The SMILES string of the molecule is [C-]#[N+]c1ccc(COCc2cc(C(=O)O)no2)cc1. The van der Waals surface area contributed by atoms with Gasteiger partial charge in [-0.3, -0.25) is 0 Å². The highest BCUT2D eigenvalue weighted by Gasteiger charge is 2.10. The molecule has 1 N–H and O–H groups in total. The van der Waals surface area contributed by atoms with Crippen LogP contribution in [0.15, 0.2) is 34.9 Å². The van der Waals surface area contributed by atoms with Crippen LogP contribution in [0.1, 0.15) is 21.8 Å². The highest BCUT2D eigenvalue weighted by Crippen LogP contribution is 2.14. The van der Waals surface area contributed by atoms with E-state index in [2.05, 4.69) is 10.0 Å². The molecule has 1 heterocycles. The van der Waals surface area contributed by atoms with E-state index < -0.39 is 5.97 Å². The zero-order valence-electron chi connectivity index (χ0n) is 9.87. The van der Waals surface area contributed by atoms with E-state index in [0.717, 1.165) is 5.56 Å². The molecule has 0 aliphatic carbocycles. The highest BCUT2D eigenvalue weighted by atomic mass is 16.5. The van der Waals surface area contributed by atoms with Crippen LogP contribution in [0.3, 0.4) is 0 Å². The van der Waals surface area contributed by atoms with Crippen LogP contribution in [0.2, 0.25) is 0 Å². The van der Waals surface area contributed by atoms with Crippen LogP contribution in [0.5, 0.6) is 0 Å². The van der Waals surface area contributed by atoms with Crippen molar-refractivity contribution in [3.05, 3.63) is 58.8 Å². The first-order chi connectivity index (χ1) is 9.19. The van der Waals surface area contributed by atoms with Gasteiger partial charge in [0.25, 0.3) is 0 Å². The smallest absolute Gasteiger partial charge is 0.358 e. The number of aromatic carboxylic acids is 1. The maximum absolute atomic E-state index is 10.6. The number of hydrogen-bond acceptors (Lipinski definition) is 4. The third-order valence-electron chi connectivity index (χ3n) is 2.36. The molecule has 1 aromatic heterocycles. The van der Waals surface area contributed by atoms with Crippen LogP contribution in [0, 0.1) is 6.57 Å². The molecule has 0 aliphatic heterocycles. The van der Waals surface area contributed by atoms with Crippen molar-refractivity contribution in [3.8, 4) is 0 Å². The molecule has 0 amide bonds. The van der Waals surface area contributed by atoms with E-state index in [0.29, 0.717) is 18.1 Å². The quantitative estimate of drug-likeness (QED) is 0.834. The predicted octanol–water partition coefficient (Wildman–Crippen LogP) is 2.64. The Morgan fingerprint density at radius 2 is 2.11 bits per heavy atom. The molecule has 0 bridgehead atoms. The lowest BCUT2D eigenvalue weighted by molar-refractivity contribution is 0.0683. The van der Waals surface area contributed by atoms with Gasteiger partial charge in [-0.1, -0.05) is 29.4 Å². The summed E-state index contributed by atoms with van der Waals surface area (Å²) in [6.45, 7) is 7.32. The Hall–Kier alpha value is -2.65. The minimum Gasteiger partial charge on any atom is -0.476 e. The summed E-state index contributed by atoms with van der Waals surface area (Å²) in [7, 11) is 0. The van der Waals surface area contributed by atoms with Crippen LogP contribution >= 0.6 is 0 Å². The van der Waals surface area contributed by atoms with Crippen molar-refractivity contribution in [2.24, 2.45) is 0 Å². The summed E-state index contributed by atoms with van der Waals surface area (Å²) in [6.07, 6.45) is 0. The minimum atomic E-state index is -1.13. The van der Waals surface area contributed by atoms with Crippen molar-refractivity contribution in [2.75, 3.05) is 0 Å². The van der Waals surface area contributed by atoms with Crippen molar-refractivity contribution < 1.29 is 19.2 Å². The van der Waals surface area contributed by atoms with Crippen LogP contribution in [0.4, 0.5) is 5.69 Å². The Bertz CT molecular complexity index is 610. The number of nitrogens with zero attached hydrogens (tertiary/aromatic N) is 2. The van der Waals surface area contributed by atoms with Crippen LogP contribution in [-0.2, 0) is 18.0 Å². The van der Waals surface area contributed by atoms with E-state index in [4.69, 9.17) is 20.9 Å². The lowest BCUT2D eigenvalue weighted by Gasteiger charge is -2.01. The molecule has 19 heavy (non-hydrogen) atoms. The molecule has 0 unspecified atom stereocenters. The molecule has 6 heteroatoms. The first-order valence-electron chi connectivity index (χ1n) is 5.42. The van der Waals surface area contributed by atoms with Crippen molar-refractivity contribution in [1.29, 1.82) is 0 Å². The predicted molar refractivity (Wildman–Crippen MR) is 64.7 cm³/mol. The van der Waals surface area contributed by atoms with Gasteiger partial charge in [-0.25, -0.2) is 9.64 Å². The summed E-state index contributed by atoms with van der Waals surface area (Å²) in [6, 6.07) is 8.35. The molecule has 1 aromatic carbocycles. The van der Waals surface area contributed by atoms with E-state index in [9.17, 15) is 4.79 Å². The van der Waals surface area contributed by atoms with Crippen LogP contribution in [-0.4, -0.2) is 16.2 Å². The molecule has 96 valence electrons. The molecular formula is C13H10N2O4. The molecule has 2 aromatic rings. The lowest BCUT2D eigenvalue weighted by Crippen LogP contribution is -1.95. The molecule has 0 atom stereocenters. The fourth-order valence-corrected chi connectivity index (χ4v) is 1.42. The molecule has 0 radical (unpaired) electrons. The van der Waals surface area contributed by atoms with E-state index in [1.54, 1.807) is 24.3 Å². The number of ether oxygens (including phenoxy) is 1. The molecule has 6 nitrogen and oxygen atoms in total. The van der Waals surface area contributed by atoms with E-state index in [1.807, 2.05) is 0 Å². The Balaban J connectivity index is 1.85. The summed E-state index contributed by atoms with van der Waals surface area (Å²) in [4.78, 5) is 13.9. The van der Waals surface area contributed by atoms with Gasteiger partial charge in [0, 0.05) is 6.07 Å². The maximum Gasteiger partial charge on any atom is 0.358 e. The number of benzene rings is 1. The van der Waals surface area contributed by atoms with Gasteiger partial charge in [-0.05, 0) is 5.56 Å². The fourth-order valence-electron chi connectivity index (χ4n) is 1.42. The second kappa shape index (κ2) is 5.80. The zero-order valence-corrected chi connectivity index (χ0v) is 9.87. The summed E-state index contributed by atoms with van der Waals surface area (Å²) >= 11 is 0. The van der Waals surface area contributed by atoms with E-state index in [-0.39, 0.29) is 12.3 Å². The Morgan fingerprint density at radius 3 is 2.68 bits per heavy atom.